The summed E-state index contributed by atoms with van der Waals surface area (Å²) in [7, 11) is 0. The van der Waals surface area contributed by atoms with Crippen molar-refractivity contribution in [3.63, 3.8) is 0 Å². The number of aromatic nitrogens is 1. The molecule has 2 amide bonds. The van der Waals surface area contributed by atoms with Gasteiger partial charge in [-0.15, -0.1) is 0 Å². The van der Waals surface area contributed by atoms with Gasteiger partial charge in [-0.05, 0) is 34.3 Å². The summed E-state index contributed by atoms with van der Waals surface area (Å²) < 4.78 is 5.96. The van der Waals surface area contributed by atoms with Crippen molar-refractivity contribution in [2.75, 3.05) is 32.8 Å². The molecule has 1 aromatic heterocycles. The smallest absolute Gasteiger partial charge is 0.409 e. The number of nitrogens with zero attached hydrogens (tertiary/aromatic N) is 3. The van der Waals surface area contributed by atoms with E-state index in [9.17, 15) is 9.59 Å². The van der Waals surface area contributed by atoms with Gasteiger partial charge in [0.15, 0.2) is 0 Å². The van der Waals surface area contributed by atoms with Gasteiger partial charge in [0.25, 0.3) is 5.91 Å². The molecule has 6 nitrogen and oxygen atoms in total. The monoisotopic (exact) mass is 417 g/mol. The fourth-order valence-electron chi connectivity index (χ4n) is 2.38. The van der Waals surface area contributed by atoms with Crippen LogP contribution < -0.4 is 0 Å². The highest BCUT2D eigenvalue weighted by molar-refractivity contribution is 9.10. The van der Waals surface area contributed by atoms with Crippen LogP contribution in [0.5, 0.6) is 0 Å². The normalized spacial score (nSPS) is 15.4. The predicted molar refractivity (Wildman–Crippen MR) is 95.2 cm³/mol. The highest BCUT2D eigenvalue weighted by Gasteiger charge is 2.25. The molecule has 1 fully saturated rings. The molecule has 0 radical (unpaired) electrons. The fraction of sp³-hybridized carbons (Fsp3) is 0.562. The molecular formula is C16H21BrClN3O3. The molecule has 1 aliphatic rings. The zero-order valence-electron chi connectivity index (χ0n) is 13.8. The molecule has 0 aromatic carbocycles. The molecule has 24 heavy (non-hydrogen) atoms. The van der Waals surface area contributed by atoms with Crippen molar-refractivity contribution in [3.8, 4) is 0 Å². The van der Waals surface area contributed by atoms with E-state index in [0.717, 1.165) is 0 Å². The number of halogens is 2. The van der Waals surface area contributed by atoms with Crippen molar-refractivity contribution in [2.45, 2.75) is 20.3 Å². The van der Waals surface area contributed by atoms with Crippen molar-refractivity contribution >= 4 is 39.5 Å². The Morgan fingerprint density at radius 2 is 1.96 bits per heavy atom. The third kappa shape index (κ3) is 5.08. The van der Waals surface area contributed by atoms with Crippen LogP contribution in [0.4, 0.5) is 4.79 Å². The average molecular weight is 419 g/mol. The lowest BCUT2D eigenvalue weighted by molar-refractivity contribution is 0.0746. The first-order chi connectivity index (χ1) is 11.4. The Labute approximate surface area is 155 Å². The molecule has 1 saturated heterocycles. The van der Waals surface area contributed by atoms with E-state index in [1.54, 1.807) is 22.1 Å². The molecule has 8 heteroatoms. The van der Waals surface area contributed by atoms with Gasteiger partial charge in [0.2, 0.25) is 0 Å². The van der Waals surface area contributed by atoms with Crippen LogP contribution in [0.2, 0.25) is 5.15 Å². The summed E-state index contributed by atoms with van der Waals surface area (Å²) in [6.45, 7) is 6.41. The Morgan fingerprint density at radius 1 is 1.29 bits per heavy atom. The van der Waals surface area contributed by atoms with Crippen molar-refractivity contribution in [3.05, 3.63) is 27.5 Å². The first-order valence-electron chi connectivity index (χ1n) is 7.90. The number of carbonyl (C=O) groups excluding carboxylic acids is 2. The van der Waals surface area contributed by atoms with Gasteiger partial charge in [-0.2, -0.15) is 0 Å². The Morgan fingerprint density at radius 3 is 2.67 bits per heavy atom. The minimum absolute atomic E-state index is 0.175. The summed E-state index contributed by atoms with van der Waals surface area (Å²) >= 11 is 9.34. The number of carbonyl (C=O) groups is 2. The van der Waals surface area contributed by atoms with Crippen LogP contribution in [0, 0.1) is 5.92 Å². The molecule has 0 bridgehead atoms. The maximum atomic E-state index is 12.7. The molecular weight excluding hydrogens is 398 g/mol. The van der Waals surface area contributed by atoms with E-state index >= 15 is 0 Å². The number of pyridine rings is 1. The fourth-order valence-corrected chi connectivity index (χ4v) is 2.89. The summed E-state index contributed by atoms with van der Waals surface area (Å²) in [5, 5.41) is 0.181. The van der Waals surface area contributed by atoms with Gasteiger partial charge in [-0.1, -0.05) is 25.4 Å². The molecule has 0 aliphatic carbocycles. The summed E-state index contributed by atoms with van der Waals surface area (Å²) in [5.74, 6) is 0.122. The second-order valence-corrected chi connectivity index (χ2v) is 7.37. The highest BCUT2D eigenvalue weighted by atomic mass is 79.9. The van der Waals surface area contributed by atoms with Gasteiger partial charge in [0.05, 0.1) is 12.2 Å². The maximum Gasteiger partial charge on any atom is 0.409 e. The zero-order valence-corrected chi connectivity index (χ0v) is 16.1. The minimum atomic E-state index is -0.319. The standard InChI is InChI=1S/C16H21BrClN3O3/c1-11(2)10-24-16(23)21-5-3-4-20(6-7-21)15(22)13-8-12(17)9-19-14(13)18/h8-9,11H,3-7,10H2,1-2H3. The molecule has 0 atom stereocenters. The molecule has 0 unspecified atom stereocenters. The molecule has 0 saturated carbocycles. The Hall–Kier alpha value is -1.34. The lowest BCUT2D eigenvalue weighted by Crippen LogP contribution is -2.38. The van der Waals surface area contributed by atoms with Crippen LogP contribution in [-0.4, -0.2) is 59.6 Å². The van der Waals surface area contributed by atoms with Crippen LogP contribution in [-0.2, 0) is 4.74 Å². The predicted octanol–water partition coefficient (Wildman–Crippen LogP) is 3.44. The van der Waals surface area contributed by atoms with E-state index in [-0.39, 0.29) is 17.2 Å². The maximum absolute atomic E-state index is 12.7. The number of hydrogen-bond acceptors (Lipinski definition) is 4. The molecule has 2 heterocycles. The van der Waals surface area contributed by atoms with E-state index in [0.29, 0.717) is 55.2 Å². The summed E-state index contributed by atoms with van der Waals surface area (Å²) in [6, 6.07) is 1.66. The van der Waals surface area contributed by atoms with Gasteiger partial charge in [0.1, 0.15) is 5.15 Å². The second-order valence-electron chi connectivity index (χ2n) is 6.10. The van der Waals surface area contributed by atoms with Crippen molar-refractivity contribution in [1.29, 1.82) is 0 Å². The van der Waals surface area contributed by atoms with E-state index in [1.165, 1.54) is 0 Å². The van der Waals surface area contributed by atoms with Crippen LogP contribution >= 0.6 is 27.5 Å². The Bertz CT molecular complexity index is 612. The molecule has 1 aromatic rings. The van der Waals surface area contributed by atoms with Gasteiger partial charge in [0, 0.05) is 36.8 Å². The van der Waals surface area contributed by atoms with Crippen LogP contribution in [0.1, 0.15) is 30.6 Å². The van der Waals surface area contributed by atoms with Gasteiger partial charge in [-0.25, -0.2) is 9.78 Å². The summed E-state index contributed by atoms with van der Waals surface area (Å²) in [5.41, 5.74) is 0.363. The molecule has 0 spiro atoms. The first-order valence-corrected chi connectivity index (χ1v) is 9.07. The third-order valence-corrected chi connectivity index (χ3v) is 4.35. The Balaban J connectivity index is 1.98. The second kappa shape index (κ2) is 8.67. The highest BCUT2D eigenvalue weighted by Crippen LogP contribution is 2.20. The Kier molecular flexibility index (Phi) is 6.86. The van der Waals surface area contributed by atoms with E-state index in [4.69, 9.17) is 16.3 Å². The zero-order chi connectivity index (χ0) is 17.7. The van der Waals surface area contributed by atoms with Crippen molar-refractivity contribution in [2.24, 2.45) is 5.92 Å². The minimum Gasteiger partial charge on any atom is -0.449 e. The number of amides is 2. The molecule has 1 aliphatic heterocycles. The molecule has 2 rings (SSSR count). The SMILES string of the molecule is CC(C)COC(=O)N1CCCN(C(=O)c2cc(Br)cnc2Cl)CC1. The van der Waals surface area contributed by atoms with E-state index in [1.807, 2.05) is 13.8 Å². The van der Waals surface area contributed by atoms with Gasteiger partial charge in [-0.3, -0.25) is 4.79 Å². The quantitative estimate of drug-likeness (QED) is 0.706. The number of hydrogen-bond donors (Lipinski definition) is 0. The average Bonchev–Trinajstić information content (AvgIpc) is 2.80. The van der Waals surface area contributed by atoms with Crippen LogP contribution in [0.25, 0.3) is 0 Å². The number of rotatable bonds is 3. The molecule has 132 valence electrons. The third-order valence-electron chi connectivity index (χ3n) is 3.62. The van der Waals surface area contributed by atoms with Gasteiger partial charge < -0.3 is 14.5 Å². The van der Waals surface area contributed by atoms with Crippen molar-refractivity contribution in [1.82, 2.24) is 14.8 Å². The first kappa shape index (κ1) is 19.0. The van der Waals surface area contributed by atoms with Gasteiger partial charge >= 0.3 is 6.09 Å². The number of ether oxygens (including phenoxy) is 1. The summed E-state index contributed by atoms with van der Waals surface area (Å²) in [6.07, 6.45) is 1.93. The topological polar surface area (TPSA) is 62.7 Å². The summed E-state index contributed by atoms with van der Waals surface area (Å²) in [4.78, 5) is 32.1. The van der Waals surface area contributed by atoms with Crippen LogP contribution in [0.15, 0.2) is 16.7 Å². The van der Waals surface area contributed by atoms with Crippen molar-refractivity contribution < 1.29 is 14.3 Å². The van der Waals surface area contributed by atoms with Crippen LogP contribution in [0.3, 0.4) is 0 Å². The lowest BCUT2D eigenvalue weighted by Gasteiger charge is -2.22. The lowest BCUT2D eigenvalue weighted by atomic mass is 10.2. The largest absolute Gasteiger partial charge is 0.449 e. The van der Waals surface area contributed by atoms with E-state index in [2.05, 4.69) is 20.9 Å². The van der Waals surface area contributed by atoms with E-state index < -0.39 is 0 Å². The molecule has 0 N–H and O–H groups in total.